The minimum absolute atomic E-state index is 0.0772. The van der Waals surface area contributed by atoms with Crippen LogP contribution < -0.4 is 5.73 Å². The molecule has 0 saturated heterocycles. The van der Waals surface area contributed by atoms with Crippen molar-refractivity contribution in [1.82, 2.24) is 9.97 Å². The first-order chi connectivity index (χ1) is 6.03. The zero-order valence-corrected chi connectivity index (χ0v) is 9.50. The number of hydrogen-bond acceptors (Lipinski definition) is 3. The number of aromatic nitrogens is 2. The molecule has 0 aliphatic rings. The molecule has 4 heteroatoms. The van der Waals surface area contributed by atoms with Gasteiger partial charge in [0.2, 0.25) is 0 Å². The second-order valence-corrected chi connectivity index (χ2v) is 4.78. The van der Waals surface area contributed by atoms with Gasteiger partial charge in [0.25, 0.3) is 0 Å². The predicted octanol–water partition coefficient (Wildman–Crippen LogP) is 1.77. The lowest BCUT2D eigenvalue weighted by atomic mass is 9.89. The summed E-state index contributed by atoms with van der Waals surface area (Å²) in [6.45, 7) is 4.86. The SMILES string of the molecule is CC(C)(CN)Cc1ncc(Br)cn1. The van der Waals surface area contributed by atoms with Crippen molar-refractivity contribution in [1.29, 1.82) is 0 Å². The van der Waals surface area contributed by atoms with E-state index in [1.807, 2.05) is 0 Å². The molecule has 72 valence electrons. The zero-order chi connectivity index (χ0) is 9.90. The van der Waals surface area contributed by atoms with E-state index in [4.69, 9.17) is 5.73 Å². The molecule has 13 heavy (non-hydrogen) atoms. The van der Waals surface area contributed by atoms with Gasteiger partial charge in [-0.25, -0.2) is 9.97 Å². The van der Waals surface area contributed by atoms with E-state index in [0.717, 1.165) is 16.7 Å². The molecule has 1 rings (SSSR count). The van der Waals surface area contributed by atoms with Crippen LogP contribution in [0, 0.1) is 5.41 Å². The Kier molecular flexibility index (Phi) is 3.39. The molecule has 2 N–H and O–H groups in total. The molecule has 3 nitrogen and oxygen atoms in total. The van der Waals surface area contributed by atoms with Gasteiger partial charge in [0.1, 0.15) is 5.82 Å². The van der Waals surface area contributed by atoms with Gasteiger partial charge in [-0.05, 0) is 27.9 Å². The average molecular weight is 244 g/mol. The highest BCUT2D eigenvalue weighted by Crippen LogP contribution is 2.18. The van der Waals surface area contributed by atoms with Gasteiger partial charge >= 0.3 is 0 Å². The Labute approximate surface area is 86.9 Å². The summed E-state index contributed by atoms with van der Waals surface area (Å²) in [6.07, 6.45) is 4.33. The molecule has 0 saturated carbocycles. The minimum Gasteiger partial charge on any atom is -0.330 e. The molecule has 0 radical (unpaired) electrons. The largest absolute Gasteiger partial charge is 0.330 e. The Morgan fingerprint density at radius 2 is 1.92 bits per heavy atom. The quantitative estimate of drug-likeness (QED) is 0.881. The highest BCUT2D eigenvalue weighted by atomic mass is 79.9. The van der Waals surface area contributed by atoms with Crippen LogP contribution in [0.15, 0.2) is 16.9 Å². The van der Waals surface area contributed by atoms with Gasteiger partial charge in [0, 0.05) is 18.8 Å². The van der Waals surface area contributed by atoms with Crippen LogP contribution in [0.2, 0.25) is 0 Å². The number of nitrogens with zero attached hydrogens (tertiary/aromatic N) is 2. The molecule has 0 atom stereocenters. The van der Waals surface area contributed by atoms with Gasteiger partial charge < -0.3 is 5.73 Å². The molecular formula is C9H14BrN3. The number of halogens is 1. The van der Waals surface area contributed by atoms with Crippen molar-refractivity contribution in [2.45, 2.75) is 20.3 Å². The first kappa shape index (κ1) is 10.6. The summed E-state index contributed by atoms with van der Waals surface area (Å²) in [5.41, 5.74) is 5.70. The fourth-order valence-corrected chi connectivity index (χ4v) is 1.14. The molecular weight excluding hydrogens is 230 g/mol. The summed E-state index contributed by atoms with van der Waals surface area (Å²) in [5, 5.41) is 0. The second-order valence-electron chi connectivity index (χ2n) is 3.86. The molecule has 0 amide bonds. The molecule has 1 aromatic rings. The van der Waals surface area contributed by atoms with Crippen LogP contribution in [-0.4, -0.2) is 16.5 Å². The van der Waals surface area contributed by atoms with Crippen LogP contribution in [-0.2, 0) is 6.42 Å². The third-order valence-corrected chi connectivity index (χ3v) is 2.27. The van der Waals surface area contributed by atoms with Gasteiger partial charge in [0.15, 0.2) is 0 Å². The van der Waals surface area contributed by atoms with Crippen molar-refractivity contribution in [3.05, 3.63) is 22.7 Å². The van der Waals surface area contributed by atoms with Crippen LogP contribution in [0.1, 0.15) is 19.7 Å². The van der Waals surface area contributed by atoms with E-state index < -0.39 is 0 Å². The van der Waals surface area contributed by atoms with E-state index >= 15 is 0 Å². The fourth-order valence-electron chi connectivity index (χ4n) is 0.931. The number of hydrogen-bond donors (Lipinski definition) is 1. The van der Waals surface area contributed by atoms with Gasteiger partial charge in [-0.1, -0.05) is 13.8 Å². The summed E-state index contributed by atoms with van der Waals surface area (Å²) in [7, 11) is 0. The lowest BCUT2D eigenvalue weighted by Crippen LogP contribution is -2.26. The summed E-state index contributed by atoms with van der Waals surface area (Å²) >= 11 is 3.29. The topological polar surface area (TPSA) is 51.8 Å². The Bertz CT molecular complexity index is 269. The van der Waals surface area contributed by atoms with Crippen LogP contribution in [0.5, 0.6) is 0 Å². The van der Waals surface area contributed by atoms with Crippen molar-refractivity contribution in [2.24, 2.45) is 11.1 Å². The van der Waals surface area contributed by atoms with Crippen molar-refractivity contribution in [2.75, 3.05) is 6.54 Å². The van der Waals surface area contributed by atoms with Gasteiger partial charge in [-0.3, -0.25) is 0 Å². The van der Waals surface area contributed by atoms with E-state index in [-0.39, 0.29) is 5.41 Å². The van der Waals surface area contributed by atoms with E-state index in [9.17, 15) is 0 Å². The smallest absolute Gasteiger partial charge is 0.128 e. The van der Waals surface area contributed by atoms with Gasteiger partial charge in [-0.15, -0.1) is 0 Å². The monoisotopic (exact) mass is 243 g/mol. The number of rotatable bonds is 3. The van der Waals surface area contributed by atoms with Crippen LogP contribution in [0.4, 0.5) is 0 Å². The maximum absolute atomic E-state index is 5.62. The Morgan fingerprint density at radius 3 is 2.38 bits per heavy atom. The maximum Gasteiger partial charge on any atom is 0.128 e. The lowest BCUT2D eigenvalue weighted by molar-refractivity contribution is 0.367. The average Bonchev–Trinajstić information content (AvgIpc) is 2.09. The Morgan fingerprint density at radius 1 is 1.38 bits per heavy atom. The minimum atomic E-state index is 0.0772. The van der Waals surface area contributed by atoms with E-state index in [1.54, 1.807) is 12.4 Å². The summed E-state index contributed by atoms with van der Waals surface area (Å²) < 4.78 is 0.904. The van der Waals surface area contributed by atoms with Crippen LogP contribution >= 0.6 is 15.9 Å². The predicted molar refractivity (Wildman–Crippen MR) is 56.3 cm³/mol. The molecule has 1 aromatic heterocycles. The van der Waals surface area contributed by atoms with E-state index in [1.165, 1.54) is 0 Å². The van der Waals surface area contributed by atoms with Crippen molar-refractivity contribution in [3.8, 4) is 0 Å². The molecule has 1 heterocycles. The normalized spacial score (nSPS) is 11.7. The third kappa shape index (κ3) is 3.40. The molecule has 0 fully saturated rings. The molecule has 0 aromatic carbocycles. The Balaban J connectivity index is 2.69. The first-order valence-electron chi connectivity index (χ1n) is 4.20. The van der Waals surface area contributed by atoms with Crippen LogP contribution in [0.25, 0.3) is 0 Å². The van der Waals surface area contributed by atoms with Crippen molar-refractivity contribution in [3.63, 3.8) is 0 Å². The Hall–Kier alpha value is -0.480. The zero-order valence-electron chi connectivity index (χ0n) is 7.92. The molecule has 0 aliphatic carbocycles. The fraction of sp³-hybridized carbons (Fsp3) is 0.556. The lowest BCUT2D eigenvalue weighted by Gasteiger charge is -2.20. The third-order valence-electron chi connectivity index (χ3n) is 1.86. The molecule has 0 aliphatic heterocycles. The molecule has 0 bridgehead atoms. The number of nitrogens with two attached hydrogens (primary N) is 1. The highest BCUT2D eigenvalue weighted by molar-refractivity contribution is 9.10. The first-order valence-corrected chi connectivity index (χ1v) is 4.99. The molecule has 0 unspecified atom stereocenters. The summed E-state index contributed by atoms with van der Waals surface area (Å²) in [5.74, 6) is 0.846. The standard InChI is InChI=1S/C9H14BrN3/c1-9(2,6-11)3-8-12-4-7(10)5-13-8/h4-5H,3,6,11H2,1-2H3. The highest BCUT2D eigenvalue weighted by Gasteiger charge is 2.17. The van der Waals surface area contributed by atoms with E-state index in [0.29, 0.717) is 6.54 Å². The summed E-state index contributed by atoms with van der Waals surface area (Å²) in [4.78, 5) is 8.40. The van der Waals surface area contributed by atoms with Gasteiger partial charge in [-0.2, -0.15) is 0 Å². The second kappa shape index (κ2) is 4.15. The van der Waals surface area contributed by atoms with E-state index in [2.05, 4.69) is 39.7 Å². The maximum atomic E-state index is 5.62. The molecule has 0 spiro atoms. The van der Waals surface area contributed by atoms with Crippen molar-refractivity contribution >= 4 is 15.9 Å². The summed E-state index contributed by atoms with van der Waals surface area (Å²) in [6, 6.07) is 0. The van der Waals surface area contributed by atoms with Crippen molar-refractivity contribution < 1.29 is 0 Å². The van der Waals surface area contributed by atoms with Crippen LogP contribution in [0.3, 0.4) is 0 Å². The van der Waals surface area contributed by atoms with Gasteiger partial charge in [0.05, 0.1) is 4.47 Å².